The summed E-state index contributed by atoms with van der Waals surface area (Å²) in [5.74, 6) is 1.29. The Labute approximate surface area is 273 Å². The topological polar surface area (TPSA) is 62.2 Å². The van der Waals surface area contributed by atoms with Crippen molar-refractivity contribution in [1.82, 2.24) is 0 Å². The Morgan fingerprint density at radius 3 is 1.30 bits per heavy atom. The zero-order valence-corrected chi connectivity index (χ0v) is 26.8. The lowest BCUT2D eigenvalue weighted by atomic mass is 10.0. The Morgan fingerprint density at radius 1 is 0.522 bits per heavy atom. The van der Waals surface area contributed by atoms with Crippen LogP contribution < -0.4 is 14.4 Å². The molecule has 0 saturated heterocycles. The molecule has 0 aliphatic carbocycles. The number of anilines is 3. The second-order valence-electron chi connectivity index (χ2n) is 11.5. The van der Waals surface area contributed by atoms with E-state index < -0.39 is 12.6 Å². The smallest absolute Gasteiger partial charge is 0.197 e. The number of ether oxygens (including phenoxy) is 2. The Kier molecular flexibility index (Phi) is 11.3. The molecular weight excluding hydrogens is 570 g/mol. The van der Waals surface area contributed by atoms with E-state index in [-0.39, 0.29) is 0 Å². The maximum atomic E-state index is 10.1. The van der Waals surface area contributed by atoms with Gasteiger partial charge in [-0.25, -0.2) is 0 Å². The van der Waals surface area contributed by atoms with Gasteiger partial charge in [-0.05, 0) is 89.8 Å². The summed E-state index contributed by atoms with van der Waals surface area (Å²) in [6.07, 6.45) is 5.47. The largest absolute Gasteiger partial charge is 0.465 e. The van der Waals surface area contributed by atoms with Gasteiger partial charge in [-0.3, -0.25) is 0 Å². The van der Waals surface area contributed by atoms with Crippen LogP contribution in [0, 0.1) is 6.92 Å². The Bertz CT molecular complexity index is 1660. The minimum Gasteiger partial charge on any atom is -0.465 e. The van der Waals surface area contributed by atoms with Crippen molar-refractivity contribution in [2.24, 2.45) is 0 Å². The van der Waals surface area contributed by atoms with E-state index in [1.165, 1.54) is 11.1 Å². The number of hydrogen-bond acceptors (Lipinski definition) is 5. The van der Waals surface area contributed by atoms with Crippen LogP contribution in [0.1, 0.15) is 56.2 Å². The second-order valence-corrected chi connectivity index (χ2v) is 11.5. The van der Waals surface area contributed by atoms with Gasteiger partial charge in [0, 0.05) is 29.9 Å². The first-order chi connectivity index (χ1) is 22.4. The average Bonchev–Trinajstić information content (AvgIpc) is 3.07. The number of aliphatic hydroxyl groups is 2. The molecule has 5 aromatic rings. The van der Waals surface area contributed by atoms with Crippen LogP contribution in [0.15, 0.2) is 121 Å². The highest BCUT2D eigenvalue weighted by atomic mass is 16.6. The molecule has 5 aromatic carbocycles. The summed E-state index contributed by atoms with van der Waals surface area (Å²) in [5.41, 5.74) is 8.74. The first-order valence-corrected chi connectivity index (χ1v) is 16.1. The van der Waals surface area contributed by atoms with E-state index in [1.807, 2.05) is 62.4 Å². The van der Waals surface area contributed by atoms with Crippen LogP contribution in [0.3, 0.4) is 0 Å². The van der Waals surface area contributed by atoms with Crippen LogP contribution >= 0.6 is 0 Å². The average molecular weight is 614 g/mol. The normalized spacial score (nSPS) is 12.5. The number of aryl methyl sites for hydroxylation is 1. The molecule has 0 spiro atoms. The molecule has 46 heavy (non-hydrogen) atoms. The summed E-state index contributed by atoms with van der Waals surface area (Å²) >= 11 is 0. The van der Waals surface area contributed by atoms with Crippen LogP contribution in [0.2, 0.25) is 0 Å². The molecule has 5 nitrogen and oxygen atoms in total. The van der Waals surface area contributed by atoms with Gasteiger partial charge in [-0.15, -0.1) is 0 Å². The highest BCUT2D eigenvalue weighted by Crippen LogP contribution is 2.37. The van der Waals surface area contributed by atoms with E-state index >= 15 is 0 Å². The maximum absolute atomic E-state index is 10.1. The molecule has 2 unspecified atom stereocenters. The molecule has 0 heterocycles. The SMILES string of the molecule is CCCC(O)Oc1ccc(C=Cc2ccc(N(c3ccc(OC(O)CCC)cc3)c3ccc(-c4ccc(C)cc4)cc3)cc2)cc1. The summed E-state index contributed by atoms with van der Waals surface area (Å²) in [7, 11) is 0. The molecule has 0 amide bonds. The molecule has 0 fully saturated rings. The third-order valence-electron chi connectivity index (χ3n) is 7.72. The van der Waals surface area contributed by atoms with E-state index in [0.717, 1.165) is 46.6 Å². The first-order valence-electron chi connectivity index (χ1n) is 16.1. The van der Waals surface area contributed by atoms with E-state index in [4.69, 9.17) is 9.47 Å². The lowest BCUT2D eigenvalue weighted by Crippen LogP contribution is -2.15. The summed E-state index contributed by atoms with van der Waals surface area (Å²) < 4.78 is 11.3. The van der Waals surface area contributed by atoms with Crippen molar-refractivity contribution in [2.45, 2.75) is 59.0 Å². The molecule has 5 rings (SSSR count). The fourth-order valence-corrected chi connectivity index (χ4v) is 5.18. The van der Waals surface area contributed by atoms with Gasteiger partial charge in [0.05, 0.1) is 0 Å². The standard InChI is InChI=1S/C41H43NO4/c1-4-6-40(43)45-38-26-14-32(15-27-38)11-10-31-12-20-35(21-13-31)42(37-24-28-39(29-25-37)46-41(44)7-5-2)36-22-18-34(19-23-36)33-16-8-30(3)9-17-33/h8-29,40-41,43-44H,4-7H2,1-3H3. The molecular formula is C41H43NO4. The number of aliphatic hydroxyl groups excluding tert-OH is 2. The van der Waals surface area contributed by atoms with E-state index in [2.05, 4.69) is 96.8 Å². The van der Waals surface area contributed by atoms with Crippen molar-refractivity contribution in [1.29, 1.82) is 0 Å². The van der Waals surface area contributed by atoms with E-state index in [0.29, 0.717) is 24.3 Å². The maximum Gasteiger partial charge on any atom is 0.197 e. The number of nitrogens with zero attached hydrogens (tertiary/aromatic N) is 1. The molecule has 0 bridgehead atoms. The third kappa shape index (κ3) is 8.87. The van der Waals surface area contributed by atoms with Crippen LogP contribution in [-0.2, 0) is 0 Å². The zero-order valence-electron chi connectivity index (χ0n) is 26.8. The van der Waals surface area contributed by atoms with Crippen LogP contribution in [0.25, 0.3) is 23.3 Å². The van der Waals surface area contributed by atoms with Crippen molar-refractivity contribution >= 4 is 29.2 Å². The zero-order chi connectivity index (χ0) is 32.3. The van der Waals surface area contributed by atoms with Gasteiger partial charge in [0.2, 0.25) is 0 Å². The molecule has 0 saturated carbocycles. The molecule has 0 radical (unpaired) electrons. The lowest BCUT2D eigenvalue weighted by molar-refractivity contribution is -0.0238. The third-order valence-corrected chi connectivity index (χ3v) is 7.72. The molecule has 0 aliphatic rings. The minimum atomic E-state index is -0.813. The molecule has 2 atom stereocenters. The van der Waals surface area contributed by atoms with Crippen molar-refractivity contribution in [3.63, 3.8) is 0 Å². The van der Waals surface area contributed by atoms with Crippen molar-refractivity contribution in [3.8, 4) is 22.6 Å². The Morgan fingerprint density at radius 2 is 0.870 bits per heavy atom. The van der Waals surface area contributed by atoms with Crippen molar-refractivity contribution < 1.29 is 19.7 Å². The summed E-state index contributed by atoms with van der Waals surface area (Å²) in [4.78, 5) is 2.21. The van der Waals surface area contributed by atoms with Crippen molar-refractivity contribution in [2.75, 3.05) is 4.90 Å². The number of hydrogen-bond donors (Lipinski definition) is 2. The van der Waals surface area contributed by atoms with Crippen LogP contribution in [0.4, 0.5) is 17.1 Å². The summed E-state index contributed by atoms with van der Waals surface area (Å²) in [6, 6.07) is 41.2. The predicted octanol–water partition coefficient (Wildman–Crippen LogP) is 10.3. The molecule has 5 heteroatoms. The molecule has 236 valence electrons. The quantitative estimate of drug-likeness (QED) is 0.0964. The molecule has 0 aromatic heterocycles. The first kappa shape index (κ1) is 32.6. The van der Waals surface area contributed by atoms with Gasteiger partial charge in [0.25, 0.3) is 0 Å². The summed E-state index contributed by atoms with van der Waals surface area (Å²) in [6.45, 7) is 6.14. The van der Waals surface area contributed by atoms with Gasteiger partial charge >= 0.3 is 0 Å². The van der Waals surface area contributed by atoms with Crippen LogP contribution in [-0.4, -0.2) is 22.8 Å². The van der Waals surface area contributed by atoms with Gasteiger partial charge in [-0.2, -0.15) is 0 Å². The summed E-state index contributed by atoms with van der Waals surface area (Å²) in [5, 5.41) is 20.0. The Balaban J connectivity index is 1.37. The van der Waals surface area contributed by atoms with Gasteiger partial charge in [-0.1, -0.05) is 105 Å². The second kappa shape index (κ2) is 15.9. The van der Waals surface area contributed by atoms with Gasteiger partial charge in [0.15, 0.2) is 12.6 Å². The fraction of sp³-hybridized carbons (Fsp3) is 0.220. The van der Waals surface area contributed by atoms with Crippen molar-refractivity contribution in [3.05, 3.63) is 138 Å². The van der Waals surface area contributed by atoms with Crippen LogP contribution in [0.5, 0.6) is 11.5 Å². The number of rotatable bonds is 14. The lowest BCUT2D eigenvalue weighted by Gasteiger charge is -2.26. The molecule has 0 aliphatic heterocycles. The van der Waals surface area contributed by atoms with E-state index in [1.54, 1.807) is 0 Å². The molecule has 2 N–H and O–H groups in total. The minimum absolute atomic E-state index is 0.588. The highest BCUT2D eigenvalue weighted by molar-refractivity contribution is 5.79. The monoisotopic (exact) mass is 613 g/mol. The highest BCUT2D eigenvalue weighted by Gasteiger charge is 2.14. The fourth-order valence-electron chi connectivity index (χ4n) is 5.18. The van der Waals surface area contributed by atoms with E-state index in [9.17, 15) is 10.2 Å². The van der Waals surface area contributed by atoms with Gasteiger partial charge in [0.1, 0.15) is 11.5 Å². The predicted molar refractivity (Wildman–Crippen MR) is 190 cm³/mol. The van der Waals surface area contributed by atoms with Gasteiger partial charge < -0.3 is 24.6 Å². The number of benzene rings is 5. The Hall–Kier alpha value is -4.84.